The SMILES string of the molecule is CC(C)(N)c1noc(CSc2ccc(F)cc2N)n1. The Morgan fingerprint density at radius 1 is 1.42 bits per heavy atom. The van der Waals surface area contributed by atoms with Crippen LogP contribution in [-0.4, -0.2) is 10.1 Å². The quantitative estimate of drug-likeness (QED) is 0.660. The molecule has 7 heteroatoms. The molecular formula is C12H15FN4OS. The summed E-state index contributed by atoms with van der Waals surface area (Å²) in [5.74, 6) is 1.02. The van der Waals surface area contributed by atoms with Gasteiger partial charge in [-0.1, -0.05) is 5.16 Å². The molecule has 102 valence electrons. The summed E-state index contributed by atoms with van der Waals surface area (Å²) in [5.41, 5.74) is 11.3. The van der Waals surface area contributed by atoms with Crippen molar-refractivity contribution in [3.05, 3.63) is 35.7 Å². The maximum Gasteiger partial charge on any atom is 0.237 e. The van der Waals surface area contributed by atoms with Gasteiger partial charge in [0, 0.05) is 10.6 Å². The Morgan fingerprint density at radius 3 is 2.74 bits per heavy atom. The minimum Gasteiger partial charge on any atom is -0.398 e. The van der Waals surface area contributed by atoms with Crippen LogP contribution in [0.25, 0.3) is 0 Å². The number of hydrogen-bond acceptors (Lipinski definition) is 6. The van der Waals surface area contributed by atoms with Gasteiger partial charge < -0.3 is 16.0 Å². The third kappa shape index (κ3) is 3.45. The molecule has 2 aromatic rings. The fraction of sp³-hybridized carbons (Fsp3) is 0.333. The second kappa shape index (κ2) is 5.18. The molecule has 1 heterocycles. The number of benzene rings is 1. The lowest BCUT2D eigenvalue weighted by molar-refractivity contribution is 0.370. The third-order valence-electron chi connectivity index (χ3n) is 2.37. The Labute approximate surface area is 114 Å². The van der Waals surface area contributed by atoms with Gasteiger partial charge in [0.25, 0.3) is 0 Å². The van der Waals surface area contributed by atoms with Crippen molar-refractivity contribution in [1.82, 2.24) is 10.1 Å². The first kappa shape index (κ1) is 13.8. The standard InChI is InChI=1S/C12H15FN4OS/c1-12(2,15)11-16-10(18-17-11)6-19-9-4-3-7(13)5-8(9)14/h3-5H,6,14-15H2,1-2H3. The smallest absolute Gasteiger partial charge is 0.237 e. The Morgan fingerprint density at radius 2 is 2.16 bits per heavy atom. The molecule has 0 saturated heterocycles. The van der Waals surface area contributed by atoms with Crippen LogP contribution in [0.3, 0.4) is 0 Å². The molecule has 0 radical (unpaired) electrons. The van der Waals surface area contributed by atoms with Crippen LogP contribution in [0.5, 0.6) is 0 Å². The van der Waals surface area contributed by atoms with E-state index in [4.69, 9.17) is 16.0 Å². The minimum absolute atomic E-state index is 0.355. The molecule has 1 aromatic heterocycles. The normalized spacial score (nSPS) is 11.8. The van der Waals surface area contributed by atoms with E-state index in [0.717, 1.165) is 4.90 Å². The predicted molar refractivity (Wildman–Crippen MR) is 71.9 cm³/mol. The van der Waals surface area contributed by atoms with E-state index in [-0.39, 0.29) is 5.82 Å². The van der Waals surface area contributed by atoms with Crippen LogP contribution in [0.1, 0.15) is 25.6 Å². The van der Waals surface area contributed by atoms with E-state index in [1.165, 1.54) is 23.9 Å². The predicted octanol–water partition coefficient (Wildman–Crippen LogP) is 2.28. The molecule has 0 aliphatic rings. The van der Waals surface area contributed by atoms with Crippen LogP contribution in [0.15, 0.2) is 27.6 Å². The van der Waals surface area contributed by atoms with E-state index in [1.54, 1.807) is 19.9 Å². The van der Waals surface area contributed by atoms with Gasteiger partial charge in [0.1, 0.15) is 5.82 Å². The molecule has 4 N–H and O–H groups in total. The number of rotatable bonds is 4. The lowest BCUT2D eigenvalue weighted by atomic mass is 10.1. The van der Waals surface area contributed by atoms with Crippen LogP contribution in [-0.2, 0) is 11.3 Å². The zero-order valence-electron chi connectivity index (χ0n) is 10.7. The topological polar surface area (TPSA) is 91.0 Å². The second-order valence-electron chi connectivity index (χ2n) is 4.70. The Kier molecular flexibility index (Phi) is 3.77. The van der Waals surface area contributed by atoms with Crippen molar-refractivity contribution in [2.24, 2.45) is 5.73 Å². The van der Waals surface area contributed by atoms with Gasteiger partial charge in [0.2, 0.25) is 5.89 Å². The van der Waals surface area contributed by atoms with E-state index >= 15 is 0 Å². The Balaban J connectivity index is 2.04. The maximum atomic E-state index is 12.9. The van der Waals surface area contributed by atoms with Crippen LogP contribution >= 0.6 is 11.8 Å². The molecule has 5 nitrogen and oxygen atoms in total. The first-order valence-electron chi connectivity index (χ1n) is 5.66. The molecule has 0 amide bonds. The lowest BCUT2D eigenvalue weighted by Crippen LogP contribution is -2.30. The largest absolute Gasteiger partial charge is 0.398 e. The summed E-state index contributed by atoms with van der Waals surface area (Å²) in [7, 11) is 0. The Bertz CT molecular complexity index is 579. The molecule has 0 fully saturated rings. The summed E-state index contributed by atoms with van der Waals surface area (Å²) in [4.78, 5) is 4.98. The van der Waals surface area contributed by atoms with E-state index < -0.39 is 5.54 Å². The van der Waals surface area contributed by atoms with Crippen molar-refractivity contribution in [2.75, 3.05) is 5.73 Å². The van der Waals surface area contributed by atoms with E-state index in [9.17, 15) is 4.39 Å². The number of anilines is 1. The molecule has 0 atom stereocenters. The number of halogens is 1. The van der Waals surface area contributed by atoms with Gasteiger partial charge in [-0.15, -0.1) is 11.8 Å². The highest BCUT2D eigenvalue weighted by Crippen LogP contribution is 2.28. The average molecular weight is 282 g/mol. The van der Waals surface area contributed by atoms with Crippen molar-refractivity contribution in [1.29, 1.82) is 0 Å². The van der Waals surface area contributed by atoms with Gasteiger partial charge in [-0.05, 0) is 32.0 Å². The van der Waals surface area contributed by atoms with E-state index in [2.05, 4.69) is 10.1 Å². The molecule has 0 bridgehead atoms. The summed E-state index contributed by atoms with van der Waals surface area (Å²) < 4.78 is 18.0. The van der Waals surface area contributed by atoms with Crippen LogP contribution < -0.4 is 11.5 Å². The fourth-order valence-electron chi connectivity index (χ4n) is 1.37. The molecular weight excluding hydrogens is 267 g/mol. The van der Waals surface area contributed by atoms with Gasteiger partial charge in [-0.3, -0.25) is 0 Å². The van der Waals surface area contributed by atoms with Gasteiger partial charge >= 0.3 is 0 Å². The highest BCUT2D eigenvalue weighted by atomic mass is 32.2. The summed E-state index contributed by atoms with van der Waals surface area (Å²) in [6.45, 7) is 3.60. The third-order valence-corrected chi connectivity index (χ3v) is 3.44. The van der Waals surface area contributed by atoms with Gasteiger partial charge in [-0.25, -0.2) is 4.39 Å². The lowest BCUT2D eigenvalue weighted by Gasteiger charge is -2.11. The average Bonchev–Trinajstić information content (AvgIpc) is 2.76. The van der Waals surface area contributed by atoms with Crippen molar-refractivity contribution in [3.63, 3.8) is 0 Å². The van der Waals surface area contributed by atoms with Crippen molar-refractivity contribution in [3.8, 4) is 0 Å². The number of hydrogen-bond donors (Lipinski definition) is 2. The van der Waals surface area contributed by atoms with Crippen LogP contribution in [0.4, 0.5) is 10.1 Å². The summed E-state index contributed by atoms with van der Waals surface area (Å²) >= 11 is 1.40. The van der Waals surface area contributed by atoms with Crippen molar-refractivity contribution < 1.29 is 8.91 Å². The zero-order valence-corrected chi connectivity index (χ0v) is 11.5. The highest BCUT2D eigenvalue weighted by Gasteiger charge is 2.21. The van der Waals surface area contributed by atoms with E-state index in [1.807, 2.05) is 0 Å². The molecule has 0 spiro atoms. The number of thioether (sulfide) groups is 1. The van der Waals surface area contributed by atoms with Gasteiger partial charge in [0.05, 0.1) is 11.3 Å². The minimum atomic E-state index is -0.638. The molecule has 1 aromatic carbocycles. The summed E-state index contributed by atoms with van der Waals surface area (Å²) in [5, 5.41) is 3.82. The van der Waals surface area contributed by atoms with E-state index in [0.29, 0.717) is 23.2 Å². The van der Waals surface area contributed by atoms with Crippen molar-refractivity contribution >= 4 is 17.4 Å². The van der Waals surface area contributed by atoms with Crippen molar-refractivity contribution in [2.45, 2.75) is 30.0 Å². The van der Waals surface area contributed by atoms with Crippen LogP contribution in [0, 0.1) is 5.82 Å². The van der Waals surface area contributed by atoms with Gasteiger partial charge in [0.15, 0.2) is 5.82 Å². The number of nitrogens with two attached hydrogens (primary N) is 2. The zero-order chi connectivity index (χ0) is 14.0. The fourth-order valence-corrected chi connectivity index (χ4v) is 2.15. The first-order chi connectivity index (χ1) is 8.86. The molecule has 2 rings (SSSR count). The van der Waals surface area contributed by atoms with Crippen LogP contribution in [0.2, 0.25) is 0 Å². The molecule has 0 aliphatic carbocycles. The monoisotopic (exact) mass is 282 g/mol. The van der Waals surface area contributed by atoms with Gasteiger partial charge in [-0.2, -0.15) is 4.98 Å². The molecule has 19 heavy (non-hydrogen) atoms. The summed E-state index contributed by atoms with van der Waals surface area (Å²) in [6, 6.07) is 4.27. The molecule has 0 saturated carbocycles. The number of nitrogens with zero attached hydrogens (tertiary/aromatic N) is 2. The number of nitrogen functional groups attached to an aromatic ring is 1. The first-order valence-corrected chi connectivity index (χ1v) is 6.64. The molecule has 0 aliphatic heterocycles. The Hall–Kier alpha value is -1.60. The number of aromatic nitrogens is 2. The second-order valence-corrected chi connectivity index (χ2v) is 5.72. The summed E-state index contributed by atoms with van der Waals surface area (Å²) in [6.07, 6.45) is 0. The maximum absolute atomic E-state index is 12.9. The molecule has 0 unspecified atom stereocenters. The highest BCUT2D eigenvalue weighted by molar-refractivity contribution is 7.98.